The zero-order valence-corrected chi connectivity index (χ0v) is 16.6. The van der Waals surface area contributed by atoms with E-state index < -0.39 is 22.4 Å². The SMILES string of the molecule is O=C(CCNc1ccc(C(F)(F)F)cc1[N+](=O)[O-])NCc1ccc(N2CCCC2)nc1. The molecule has 0 atom stereocenters. The van der Waals surface area contributed by atoms with Crippen LogP contribution in [0.3, 0.4) is 0 Å². The minimum atomic E-state index is -4.68. The number of hydrogen-bond acceptors (Lipinski definition) is 6. The number of alkyl halides is 3. The molecule has 1 aliphatic rings. The molecule has 0 unspecified atom stereocenters. The number of benzene rings is 1. The third-order valence-corrected chi connectivity index (χ3v) is 4.92. The fourth-order valence-electron chi connectivity index (χ4n) is 3.26. The molecule has 2 aromatic rings. The van der Waals surface area contributed by atoms with Crippen LogP contribution in [0.1, 0.15) is 30.4 Å². The maximum Gasteiger partial charge on any atom is 0.416 e. The van der Waals surface area contributed by atoms with Crippen molar-refractivity contribution in [3.8, 4) is 0 Å². The van der Waals surface area contributed by atoms with Gasteiger partial charge in [-0.15, -0.1) is 0 Å². The van der Waals surface area contributed by atoms with Gasteiger partial charge in [-0.1, -0.05) is 6.07 Å². The number of carbonyl (C=O) groups is 1. The number of rotatable bonds is 8. The molecule has 0 bridgehead atoms. The maximum atomic E-state index is 12.7. The van der Waals surface area contributed by atoms with Crippen LogP contribution in [0, 0.1) is 10.1 Å². The van der Waals surface area contributed by atoms with Gasteiger partial charge in [0, 0.05) is 44.9 Å². The predicted molar refractivity (Wildman–Crippen MR) is 109 cm³/mol. The molecule has 31 heavy (non-hydrogen) atoms. The van der Waals surface area contributed by atoms with E-state index in [1.165, 1.54) is 0 Å². The summed E-state index contributed by atoms with van der Waals surface area (Å²) >= 11 is 0. The van der Waals surface area contributed by atoms with E-state index in [9.17, 15) is 28.1 Å². The summed E-state index contributed by atoms with van der Waals surface area (Å²) in [6, 6.07) is 6.03. The fraction of sp³-hybridized carbons (Fsp3) is 0.400. The number of nitrogens with one attached hydrogen (secondary N) is 2. The molecule has 1 saturated heterocycles. The Hall–Kier alpha value is -3.37. The number of anilines is 2. The summed E-state index contributed by atoms with van der Waals surface area (Å²) in [6.45, 7) is 2.30. The van der Waals surface area contributed by atoms with Crippen molar-refractivity contribution in [1.29, 1.82) is 0 Å². The molecule has 2 heterocycles. The fourth-order valence-corrected chi connectivity index (χ4v) is 3.26. The van der Waals surface area contributed by atoms with Gasteiger partial charge in [0.15, 0.2) is 0 Å². The quantitative estimate of drug-likeness (QED) is 0.482. The molecule has 0 radical (unpaired) electrons. The van der Waals surface area contributed by atoms with Crippen molar-refractivity contribution in [1.82, 2.24) is 10.3 Å². The van der Waals surface area contributed by atoms with Gasteiger partial charge in [0.2, 0.25) is 5.91 Å². The van der Waals surface area contributed by atoms with Gasteiger partial charge in [-0.25, -0.2) is 4.98 Å². The molecule has 166 valence electrons. The monoisotopic (exact) mass is 437 g/mol. The standard InChI is InChI=1S/C20H22F3N5O3/c21-20(22,23)15-4-5-16(17(11-15)28(30)31)24-8-7-19(29)26-13-14-3-6-18(25-12-14)27-9-1-2-10-27/h3-6,11-12,24H,1-2,7-10,13H2,(H,26,29). The molecule has 11 heteroatoms. The highest BCUT2D eigenvalue weighted by molar-refractivity contribution is 5.76. The van der Waals surface area contributed by atoms with Gasteiger partial charge in [0.05, 0.1) is 10.5 Å². The summed E-state index contributed by atoms with van der Waals surface area (Å²) in [5, 5.41) is 16.5. The van der Waals surface area contributed by atoms with Gasteiger partial charge in [-0.3, -0.25) is 14.9 Å². The number of nitro benzene ring substituents is 1. The minimum absolute atomic E-state index is 0.00251. The topological polar surface area (TPSA) is 100 Å². The maximum absolute atomic E-state index is 12.7. The van der Waals surface area contributed by atoms with Crippen molar-refractivity contribution >= 4 is 23.1 Å². The van der Waals surface area contributed by atoms with E-state index in [0.717, 1.165) is 49.4 Å². The van der Waals surface area contributed by atoms with Crippen LogP contribution >= 0.6 is 0 Å². The Morgan fingerprint density at radius 3 is 2.55 bits per heavy atom. The Balaban J connectivity index is 1.47. The van der Waals surface area contributed by atoms with Crippen LogP contribution in [0.5, 0.6) is 0 Å². The molecule has 8 nitrogen and oxygen atoms in total. The molecular formula is C20H22F3N5O3. The lowest BCUT2D eigenvalue weighted by molar-refractivity contribution is -0.384. The molecule has 1 aromatic heterocycles. The second-order valence-electron chi connectivity index (χ2n) is 7.16. The van der Waals surface area contributed by atoms with Crippen LogP contribution in [0.4, 0.5) is 30.4 Å². The normalized spacial score (nSPS) is 13.8. The van der Waals surface area contributed by atoms with Crippen molar-refractivity contribution in [3.05, 3.63) is 57.8 Å². The average Bonchev–Trinajstić information content (AvgIpc) is 3.27. The first-order chi connectivity index (χ1) is 14.7. The van der Waals surface area contributed by atoms with Gasteiger partial charge in [-0.05, 0) is 36.6 Å². The molecule has 0 aliphatic carbocycles. The van der Waals surface area contributed by atoms with Gasteiger partial charge in [0.25, 0.3) is 5.69 Å². The number of hydrogen-bond donors (Lipinski definition) is 2. The lowest BCUT2D eigenvalue weighted by Crippen LogP contribution is -2.25. The minimum Gasteiger partial charge on any atom is -0.379 e. The first kappa shape index (κ1) is 22.3. The van der Waals surface area contributed by atoms with Crippen LogP contribution < -0.4 is 15.5 Å². The lowest BCUT2D eigenvalue weighted by Gasteiger charge is -2.16. The summed E-state index contributed by atoms with van der Waals surface area (Å²) in [6.07, 6.45) is -0.660. The van der Waals surface area contributed by atoms with Gasteiger partial charge < -0.3 is 15.5 Å². The zero-order chi connectivity index (χ0) is 22.4. The first-order valence-corrected chi connectivity index (χ1v) is 9.80. The van der Waals surface area contributed by atoms with Gasteiger partial charge in [0.1, 0.15) is 11.5 Å². The average molecular weight is 437 g/mol. The molecule has 0 spiro atoms. The summed E-state index contributed by atoms with van der Waals surface area (Å²) in [5.41, 5.74) is -1.04. The number of carbonyl (C=O) groups excluding carboxylic acids is 1. The highest BCUT2D eigenvalue weighted by Gasteiger charge is 2.33. The Morgan fingerprint density at radius 1 is 1.19 bits per heavy atom. The predicted octanol–water partition coefficient (Wildman–Crippen LogP) is 3.73. The van der Waals surface area contributed by atoms with Crippen LogP contribution in [-0.4, -0.2) is 35.4 Å². The third kappa shape index (κ3) is 6.06. The smallest absolute Gasteiger partial charge is 0.379 e. The molecule has 0 saturated carbocycles. The van der Waals surface area contributed by atoms with E-state index in [4.69, 9.17) is 0 Å². The highest BCUT2D eigenvalue weighted by Crippen LogP contribution is 2.34. The second-order valence-corrected chi connectivity index (χ2v) is 7.16. The summed E-state index contributed by atoms with van der Waals surface area (Å²) in [5.74, 6) is 0.612. The molecule has 1 amide bonds. The molecule has 2 N–H and O–H groups in total. The third-order valence-electron chi connectivity index (χ3n) is 4.92. The zero-order valence-electron chi connectivity index (χ0n) is 16.6. The Kier molecular flexibility index (Phi) is 6.93. The molecule has 3 rings (SSSR count). The largest absolute Gasteiger partial charge is 0.416 e. The highest BCUT2D eigenvalue weighted by atomic mass is 19.4. The Labute approximate surface area is 176 Å². The number of nitrogens with zero attached hydrogens (tertiary/aromatic N) is 3. The second kappa shape index (κ2) is 9.63. The van der Waals surface area contributed by atoms with E-state index in [1.54, 1.807) is 6.20 Å². The molecule has 1 aromatic carbocycles. The van der Waals surface area contributed by atoms with Crippen LogP contribution in [-0.2, 0) is 17.5 Å². The summed E-state index contributed by atoms with van der Waals surface area (Å²) < 4.78 is 38.2. The van der Waals surface area contributed by atoms with E-state index in [-0.39, 0.29) is 31.1 Å². The van der Waals surface area contributed by atoms with E-state index in [2.05, 4.69) is 20.5 Å². The molecule has 1 fully saturated rings. The number of amides is 1. The van der Waals surface area contributed by atoms with Crippen LogP contribution in [0.15, 0.2) is 36.5 Å². The van der Waals surface area contributed by atoms with Crippen LogP contribution in [0.25, 0.3) is 0 Å². The Morgan fingerprint density at radius 2 is 1.94 bits per heavy atom. The van der Waals surface area contributed by atoms with E-state index in [1.807, 2.05) is 12.1 Å². The van der Waals surface area contributed by atoms with Crippen molar-refractivity contribution < 1.29 is 22.9 Å². The lowest BCUT2D eigenvalue weighted by atomic mass is 10.1. The van der Waals surface area contributed by atoms with Crippen molar-refractivity contribution in [2.24, 2.45) is 0 Å². The van der Waals surface area contributed by atoms with Crippen molar-refractivity contribution in [2.75, 3.05) is 29.9 Å². The summed E-state index contributed by atoms with van der Waals surface area (Å²) in [4.78, 5) is 28.8. The van der Waals surface area contributed by atoms with E-state index >= 15 is 0 Å². The number of nitro groups is 1. The number of pyridine rings is 1. The molecule has 1 aliphatic heterocycles. The summed E-state index contributed by atoms with van der Waals surface area (Å²) in [7, 11) is 0. The number of halogens is 3. The first-order valence-electron chi connectivity index (χ1n) is 9.80. The van der Waals surface area contributed by atoms with Gasteiger partial charge >= 0.3 is 6.18 Å². The molecular weight excluding hydrogens is 415 g/mol. The van der Waals surface area contributed by atoms with Crippen molar-refractivity contribution in [3.63, 3.8) is 0 Å². The van der Waals surface area contributed by atoms with Crippen LogP contribution in [0.2, 0.25) is 0 Å². The van der Waals surface area contributed by atoms with Crippen molar-refractivity contribution in [2.45, 2.75) is 32.0 Å². The van der Waals surface area contributed by atoms with E-state index in [0.29, 0.717) is 6.07 Å². The Bertz CT molecular complexity index is 929. The number of aromatic nitrogens is 1. The van der Waals surface area contributed by atoms with Gasteiger partial charge in [-0.2, -0.15) is 13.2 Å².